The molecule has 0 heterocycles. The van der Waals surface area contributed by atoms with E-state index in [1.807, 2.05) is 0 Å². The van der Waals surface area contributed by atoms with Crippen LogP contribution in [0, 0.1) is 5.92 Å². The van der Waals surface area contributed by atoms with E-state index in [1.165, 1.54) is 0 Å². The lowest BCUT2D eigenvalue weighted by Gasteiger charge is -2.22. The van der Waals surface area contributed by atoms with Crippen molar-refractivity contribution in [2.75, 3.05) is 0 Å². The summed E-state index contributed by atoms with van der Waals surface area (Å²) in [5, 5.41) is 8.60. The van der Waals surface area contributed by atoms with E-state index in [4.69, 9.17) is 10.8 Å². The summed E-state index contributed by atoms with van der Waals surface area (Å²) < 4.78 is 0. The maximum atomic E-state index is 10.4. The quantitative estimate of drug-likeness (QED) is 0.564. The Morgan fingerprint density at radius 3 is 2.60 bits per heavy atom. The molecule has 0 aromatic carbocycles. The number of carbonyl (C=O) groups is 1. The maximum absolute atomic E-state index is 10.4. The lowest BCUT2D eigenvalue weighted by Crippen LogP contribution is -2.31. The van der Waals surface area contributed by atoms with Crippen LogP contribution >= 0.6 is 0 Å². The van der Waals surface area contributed by atoms with E-state index in [1.54, 1.807) is 0 Å². The highest BCUT2D eigenvalue weighted by Crippen LogP contribution is 2.22. The molecule has 0 aromatic rings. The van der Waals surface area contributed by atoms with Crippen LogP contribution in [0.3, 0.4) is 0 Å². The Balaban J connectivity index is 2.39. The van der Waals surface area contributed by atoms with Gasteiger partial charge in [-0.25, -0.2) is 0 Å². The normalized spacial score (nSPS) is 33.7. The number of nitrogens with two attached hydrogens (primary N) is 1. The molecule has 0 amide bonds. The van der Waals surface area contributed by atoms with Crippen LogP contribution in [0.5, 0.6) is 0 Å². The Labute approximate surface area is 60.2 Å². The van der Waals surface area contributed by atoms with Crippen molar-refractivity contribution in [3.8, 4) is 0 Å². The third kappa shape index (κ3) is 1.70. The van der Waals surface area contributed by atoms with Gasteiger partial charge in [0.2, 0.25) is 0 Å². The molecule has 1 unspecified atom stereocenters. The number of rotatable bonds is 1. The molecule has 0 aromatic heterocycles. The first-order valence-corrected chi connectivity index (χ1v) is 3.68. The van der Waals surface area contributed by atoms with Crippen molar-refractivity contribution in [3.05, 3.63) is 0 Å². The van der Waals surface area contributed by atoms with Gasteiger partial charge in [0.1, 0.15) is 0 Å². The minimum absolute atomic E-state index is 0.120. The van der Waals surface area contributed by atoms with Gasteiger partial charge in [0.05, 0.1) is 5.92 Å². The monoisotopic (exact) mass is 143 g/mol. The summed E-state index contributed by atoms with van der Waals surface area (Å²) in [6.07, 6.45) is 3.43. The van der Waals surface area contributed by atoms with Gasteiger partial charge >= 0.3 is 5.97 Å². The standard InChI is InChI=1S/C7H13NO2/c8-6-3-1-2-5(4-6)7(9)10/h5-6H,1-4,8H2,(H,9,10)/t5-,6?/m1/s1. The van der Waals surface area contributed by atoms with Crippen LogP contribution in [0.25, 0.3) is 0 Å². The predicted molar refractivity (Wildman–Crippen MR) is 37.6 cm³/mol. The Morgan fingerprint density at radius 2 is 2.20 bits per heavy atom. The maximum Gasteiger partial charge on any atom is 0.306 e. The highest BCUT2D eigenvalue weighted by atomic mass is 16.4. The number of hydrogen-bond donors (Lipinski definition) is 2. The van der Waals surface area contributed by atoms with Gasteiger partial charge in [0.15, 0.2) is 0 Å². The average molecular weight is 143 g/mol. The summed E-state index contributed by atoms with van der Waals surface area (Å²) in [7, 11) is 0. The van der Waals surface area contributed by atoms with E-state index < -0.39 is 5.97 Å². The van der Waals surface area contributed by atoms with Crippen LogP contribution in [0.4, 0.5) is 0 Å². The summed E-state index contributed by atoms with van der Waals surface area (Å²) in [5.74, 6) is -0.862. The van der Waals surface area contributed by atoms with Crippen LogP contribution in [0.2, 0.25) is 0 Å². The zero-order valence-electron chi connectivity index (χ0n) is 5.92. The summed E-state index contributed by atoms with van der Waals surface area (Å²) in [6, 6.07) is 0.120. The van der Waals surface area contributed by atoms with Gasteiger partial charge in [-0.15, -0.1) is 0 Å². The topological polar surface area (TPSA) is 63.3 Å². The second kappa shape index (κ2) is 3.01. The molecule has 1 aliphatic rings. The Bertz CT molecular complexity index is 136. The largest absolute Gasteiger partial charge is 0.481 e. The molecule has 0 spiro atoms. The van der Waals surface area contributed by atoms with Crippen molar-refractivity contribution in [3.63, 3.8) is 0 Å². The molecule has 58 valence electrons. The molecule has 0 aliphatic heterocycles. The smallest absolute Gasteiger partial charge is 0.306 e. The average Bonchev–Trinajstić information content (AvgIpc) is 1.88. The van der Waals surface area contributed by atoms with Crippen LogP contribution in [0.1, 0.15) is 25.7 Å². The van der Waals surface area contributed by atoms with Crippen LogP contribution in [-0.2, 0) is 4.79 Å². The van der Waals surface area contributed by atoms with Gasteiger partial charge in [-0.05, 0) is 19.3 Å². The van der Waals surface area contributed by atoms with Crippen molar-refractivity contribution < 1.29 is 9.90 Å². The third-order valence-corrected chi connectivity index (χ3v) is 2.06. The van der Waals surface area contributed by atoms with Gasteiger partial charge in [-0.2, -0.15) is 0 Å². The zero-order valence-corrected chi connectivity index (χ0v) is 5.92. The lowest BCUT2D eigenvalue weighted by atomic mass is 9.86. The molecule has 1 rings (SSSR count). The second-order valence-electron chi connectivity index (χ2n) is 2.96. The van der Waals surface area contributed by atoms with E-state index >= 15 is 0 Å². The molecule has 3 N–H and O–H groups in total. The first-order chi connectivity index (χ1) is 4.70. The van der Waals surface area contributed by atoms with Gasteiger partial charge in [-0.3, -0.25) is 4.79 Å². The summed E-state index contributed by atoms with van der Waals surface area (Å²) in [5.41, 5.74) is 5.60. The number of aliphatic carboxylic acids is 1. The molecule has 0 bridgehead atoms. The van der Waals surface area contributed by atoms with E-state index in [-0.39, 0.29) is 12.0 Å². The summed E-state index contributed by atoms with van der Waals surface area (Å²) >= 11 is 0. The van der Waals surface area contributed by atoms with Crippen molar-refractivity contribution in [2.45, 2.75) is 31.7 Å². The van der Waals surface area contributed by atoms with E-state index in [9.17, 15) is 4.79 Å². The first-order valence-electron chi connectivity index (χ1n) is 3.68. The van der Waals surface area contributed by atoms with Crippen molar-refractivity contribution in [1.29, 1.82) is 0 Å². The highest BCUT2D eigenvalue weighted by molar-refractivity contribution is 5.70. The Kier molecular flexibility index (Phi) is 2.27. The fourth-order valence-corrected chi connectivity index (χ4v) is 1.45. The minimum atomic E-state index is -0.685. The molecule has 3 nitrogen and oxygen atoms in total. The Morgan fingerprint density at radius 1 is 1.50 bits per heavy atom. The molecule has 2 atom stereocenters. The van der Waals surface area contributed by atoms with Crippen molar-refractivity contribution in [1.82, 2.24) is 0 Å². The zero-order chi connectivity index (χ0) is 7.56. The lowest BCUT2D eigenvalue weighted by molar-refractivity contribution is -0.142. The highest BCUT2D eigenvalue weighted by Gasteiger charge is 2.24. The second-order valence-corrected chi connectivity index (χ2v) is 2.96. The van der Waals surface area contributed by atoms with Gasteiger partial charge < -0.3 is 10.8 Å². The molecule has 0 radical (unpaired) electrons. The third-order valence-electron chi connectivity index (χ3n) is 2.06. The summed E-state index contributed by atoms with van der Waals surface area (Å²) in [4.78, 5) is 10.4. The Hall–Kier alpha value is -0.570. The van der Waals surface area contributed by atoms with Crippen molar-refractivity contribution >= 4 is 5.97 Å². The molecule has 1 saturated carbocycles. The molecule has 1 aliphatic carbocycles. The van der Waals surface area contributed by atoms with E-state index in [0.717, 1.165) is 19.3 Å². The number of carboxylic acids is 1. The molecular weight excluding hydrogens is 130 g/mol. The molecular formula is C7H13NO2. The first kappa shape index (κ1) is 7.54. The molecule has 1 fully saturated rings. The fourth-order valence-electron chi connectivity index (χ4n) is 1.45. The minimum Gasteiger partial charge on any atom is -0.481 e. The van der Waals surface area contributed by atoms with Crippen LogP contribution in [0.15, 0.2) is 0 Å². The van der Waals surface area contributed by atoms with Gasteiger partial charge in [0.25, 0.3) is 0 Å². The van der Waals surface area contributed by atoms with Crippen LogP contribution in [-0.4, -0.2) is 17.1 Å². The van der Waals surface area contributed by atoms with Crippen LogP contribution < -0.4 is 5.73 Å². The fraction of sp³-hybridized carbons (Fsp3) is 0.857. The molecule has 0 saturated heterocycles. The van der Waals surface area contributed by atoms with Gasteiger partial charge in [0, 0.05) is 6.04 Å². The van der Waals surface area contributed by atoms with E-state index in [0.29, 0.717) is 6.42 Å². The van der Waals surface area contributed by atoms with Crippen molar-refractivity contribution in [2.24, 2.45) is 11.7 Å². The predicted octanol–water partition coefficient (Wildman–Crippen LogP) is 0.588. The van der Waals surface area contributed by atoms with Gasteiger partial charge in [-0.1, -0.05) is 6.42 Å². The van der Waals surface area contributed by atoms with E-state index in [2.05, 4.69) is 0 Å². The summed E-state index contributed by atoms with van der Waals surface area (Å²) in [6.45, 7) is 0. The molecule has 3 heteroatoms. The number of carboxylic acid groups (broad SMARTS) is 1. The SMILES string of the molecule is NC1CCC[C@@H](C(=O)O)C1. The number of hydrogen-bond acceptors (Lipinski definition) is 2. The molecule has 10 heavy (non-hydrogen) atoms.